The highest BCUT2D eigenvalue weighted by atomic mass is 16.4. The first-order valence-electron chi connectivity index (χ1n) is 10.9. The first-order valence-corrected chi connectivity index (χ1v) is 10.9. The monoisotopic (exact) mass is 472 g/mol. The summed E-state index contributed by atoms with van der Waals surface area (Å²) in [6.45, 7) is 0.883. The predicted molar refractivity (Wildman–Crippen MR) is 119 cm³/mol. The number of carboxylic acids is 2. The van der Waals surface area contributed by atoms with Gasteiger partial charge in [0.15, 0.2) is 0 Å². The van der Waals surface area contributed by atoms with Crippen molar-refractivity contribution in [2.75, 3.05) is 13.1 Å². The van der Waals surface area contributed by atoms with Crippen LogP contribution >= 0.6 is 0 Å². The van der Waals surface area contributed by atoms with Crippen LogP contribution in [-0.2, 0) is 32.0 Å². The molecule has 0 saturated heterocycles. The summed E-state index contributed by atoms with van der Waals surface area (Å²) < 4.78 is 0. The minimum atomic E-state index is -1.27. The molecule has 0 aliphatic carbocycles. The third kappa shape index (κ3) is 11.7. The second-order valence-corrected chi connectivity index (χ2v) is 7.46. The molecule has 2 atom stereocenters. The second kappa shape index (κ2) is 15.9. The van der Waals surface area contributed by atoms with Crippen molar-refractivity contribution in [3.05, 3.63) is 71.8 Å². The van der Waals surface area contributed by atoms with Gasteiger partial charge in [-0.3, -0.25) is 9.59 Å². The number of amides is 2. The summed E-state index contributed by atoms with van der Waals surface area (Å²) in [7, 11) is 0. The van der Waals surface area contributed by atoms with Crippen LogP contribution in [0.5, 0.6) is 0 Å². The van der Waals surface area contributed by atoms with Crippen LogP contribution in [0.2, 0.25) is 0 Å². The van der Waals surface area contributed by atoms with Crippen molar-refractivity contribution < 1.29 is 40.9 Å². The molecule has 0 fully saturated rings. The van der Waals surface area contributed by atoms with Gasteiger partial charge in [-0.15, -0.1) is 0 Å². The highest BCUT2D eigenvalue weighted by molar-refractivity contribution is 5.83. The van der Waals surface area contributed by atoms with E-state index in [4.69, 9.17) is 0 Å². The number of aliphatic carboxylic acids is 2. The van der Waals surface area contributed by atoms with E-state index < -0.39 is 24.0 Å². The molecule has 0 unspecified atom stereocenters. The molecular weight excluding hydrogens is 440 g/mol. The van der Waals surface area contributed by atoms with Crippen LogP contribution in [0.4, 0.5) is 0 Å². The van der Waals surface area contributed by atoms with Gasteiger partial charge >= 0.3 is 0 Å². The van der Waals surface area contributed by atoms with Crippen LogP contribution in [0.1, 0.15) is 24.0 Å². The van der Waals surface area contributed by atoms with Crippen LogP contribution in [0.15, 0.2) is 60.7 Å². The number of hydrogen-bond donors (Lipinski definition) is 4. The average Bonchev–Trinajstić information content (AvgIpc) is 2.80. The molecule has 2 aromatic carbocycles. The lowest BCUT2D eigenvalue weighted by molar-refractivity contribution is -0.366. The molecule has 10 heteroatoms. The Morgan fingerprint density at radius 2 is 0.971 bits per heavy atom. The van der Waals surface area contributed by atoms with Gasteiger partial charge in [-0.25, -0.2) is 0 Å². The van der Waals surface area contributed by atoms with Crippen molar-refractivity contribution in [3.63, 3.8) is 0 Å². The molecule has 2 rings (SSSR count). The summed E-state index contributed by atoms with van der Waals surface area (Å²) in [6.07, 6.45) is 0.898. The van der Waals surface area contributed by atoms with E-state index in [9.17, 15) is 29.4 Å². The van der Waals surface area contributed by atoms with E-state index in [1.165, 1.54) is 0 Å². The molecule has 0 aromatic heterocycles. The number of rotatable bonds is 12. The van der Waals surface area contributed by atoms with Gasteiger partial charge in [0.05, 0.1) is 50.0 Å². The summed E-state index contributed by atoms with van der Waals surface area (Å²) in [6, 6.07) is 16.2. The molecule has 2 aromatic rings. The third-order valence-corrected chi connectivity index (χ3v) is 4.61. The lowest BCUT2D eigenvalue weighted by Gasteiger charge is -2.19. The predicted octanol–water partition coefficient (Wildman–Crippen LogP) is -3.81. The fraction of sp³-hybridized carbons (Fsp3) is 0.333. The topological polar surface area (TPSA) is 194 Å². The van der Waals surface area contributed by atoms with Crippen LogP contribution < -0.4 is 32.3 Å². The molecule has 0 spiro atoms. The number of hydrogen-bond acceptors (Lipinski definition) is 6. The maximum Gasteiger partial charge on any atom is 0.226 e. The summed E-state index contributed by atoms with van der Waals surface area (Å²) >= 11 is 0. The molecule has 34 heavy (non-hydrogen) atoms. The van der Waals surface area contributed by atoms with Crippen LogP contribution in [0.3, 0.4) is 0 Å². The fourth-order valence-electron chi connectivity index (χ4n) is 2.94. The maximum absolute atomic E-state index is 11.3. The van der Waals surface area contributed by atoms with Crippen molar-refractivity contribution in [3.8, 4) is 0 Å². The molecule has 10 nitrogen and oxygen atoms in total. The lowest BCUT2D eigenvalue weighted by atomic mass is 10.1. The van der Waals surface area contributed by atoms with E-state index in [0.717, 1.165) is 11.1 Å². The van der Waals surface area contributed by atoms with Crippen LogP contribution in [0, 0.1) is 0 Å². The third-order valence-electron chi connectivity index (χ3n) is 4.61. The van der Waals surface area contributed by atoms with E-state index >= 15 is 0 Å². The van der Waals surface area contributed by atoms with Gasteiger partial charge in [0.25, 0.3) is 0 Å². The molecule has 2 amide bonds. The van der Waals surface area contributed by atoms with Gasteiger partial charge in [-0.1, -0.05) is 60.7 Å². The fourth-order valence-corrected chi connectivity index (χ4v) is 2.94. The highest BCUT2D eigenvalue weighted by Gasteiger charge is 2.14. The normalized spacial score (nSPS) is 11.8. The second-order valence-electron chi connectivity index (χ2n) is 7.46. The van der Waals surface area contributed by atoms with E-state index in [0.29, 0.717) is 13.1 Å². The van der Waals surface area contributed by atoms with Crippen LogP contribution in [0.25, 0.3) is 0 Å². The minimum absolute atomic E-state index is 0.221. The smallest absolute Gasteiger partial charge is 0.226 e. The van der Waals surface area contributed by atoms with E-state index in [2.05, 4.69) is 22.1 Å². The number of carboxylic acid groups (broad SMARTS) is 2. The average molecular weight is 473 g/mol. The molecule has 184 valence electrons. The number of quaternary nitrogens is 2. The quantitative estimate of drug-likeness (QED) is 0.244. The molecule has 0 aliphatic heterocycles. The Labute approximate surface area is 198 Å². The molecule has 0 heterocycles. The number of carbonyl (C=O) groups is 4. The zero-order chi connectivity index (χ0) is 25.3. The summed E-state index contributed by atoms with van der Waals surface area (Å²) in [5.74, 6) is -3.17. The van der Waals surface area contributed by atoms with E-state index in [-0.39, 0.29) is 37.5 Å². The van der Waals surface area contributed by atoms with Crippen molar-refractivity contribution >= 4 is 23.8 Å². The van der Waals surface area contributed by atoms with Crippen LogP contribution in [-0.4, -0.2) is 48.9 Å². The van der Waals surface area contributed by atoms with Crippen molar-refractivity contribution in [1.82, 2.24) is 10.6 Å². The molecule has 0 saturated carbocycles. The van der Waals surface area contributed by atoms with Gasteiger partial charge in [-0.05, 0) is 24.0 Å². The lowest BCUT2D eigenvalue weighted by Crippen LogP contribution is -2.54. The van der Waals surface area contributed by atoms with Gasteiger partial charge in [-0.2, -0.15) is 0 Å². The largest absolute Gasteiger partial charge is 0.548 e. The summed E-state index contributed by atoms with van der Waals surface area (Å²) in [5.41, 5.74) is 8.76. The Balaban J connectivity index is 0.000000340. The number of carbonyl (C=O) groups excluding carboxylic acids is 4. The van der Waals surface area contributed by atoms with Gasteiger partial charge in [0, 0.05) is 0 Å². The first kappa shape index (κ1) is 28.3. The van der Waals surface area contributed by atoms with Gasteiger partial charge < -0.3 is 41.9 Å². The minimum Gasteiger partial charge on any atom is -0.548 e. The summed E-state index contributed by atoms with van der Waals surface area (Å²) in [5, 5.41) is 26.7. The van der Waals surface area contributed by atoms with E-state index in [1.54, 1.807) is 0 Å². The van der Waals surface area contributed by atoms with Crippen molar-refractivity contribution in [2.45, 2.75) is 37.8 Å². The number of benzene rings is 2. The Kier molecular flexibility index (Phi) is 13.3. The SMILES string of the molecule is [NH3+]CCC(=O)N[C@@H](Cc1ccccc1)C(=O)[O-].[NH3+]CCC(=O)N[C@@H](Cc1ccccc1)C(=O)[O-]. The Hall–Kier alpha value is -3.76. The number of nitrogens with one attached hydrogen (secondary N) is 2. The Morgan fingerprint density at radius 1 is 0.647 bits per heavy atom. The maximum atomic E-state index is 11.3. The zero-order valence-electron chi connectivity index (χ0n) is 19.0. The molecule has 0 aliphatic rings. The van der Waals surface area contributed by atoms with Crippen molar-refractivity contribution in [2.24, 2.45) is 0 Å². The van der Waals surface area contributed by atoms with Gasteiger partial charge in [0.2, 0.25) is 11.8 Å². The molecule has 0 bridgehead atoms. The van der Waals surface area contributed by atoms with Gasteiger partial charge in [0.1, 0.15) is 0 Å². The highest BCUT2D eigenvalue weighted by Crippen LogP contribution is 2.04. The molecule has 0 radical (unpaired) electrons. The Morgan fingerprint density at radius 3 is 1.24 bits per heavy atom. The molecule has 8 N–H and O–H groups in total. The standard InChI is InChI=1S/2C12H16N2O3/c2*13-7-6-11(15)14-10(12(16)17)8-9-4-2-1-3-5-9/h2*1-5,10H,6-8,13H2,(H,14,15)(H,16,17)/t2*10-/m00/s1. The Bertz CT molecular complexity index is 833. The summed E-state index contributed by atoms with van der Waals surface area (Å²) in [4.78, 5) is 44.4. The zero-order valence-corrected chi connectivity index (χ0v) is 19.0. The first-order chi connectivity index (χ1) is 16.3. The molecular formula is C24H32N4O6. The van der Waals surface area contributed by atoms with Crippen molar-refractivity contribution in [1.29, 1.82) is 0 Å². The van der Waals surface area contributed by atoms with E-state index in [1.807, 2.05) is 60.7 Å².